The predicted octanol–water partition coefficient (Wildman–Crippen LogP) is 4.90. The highest BCUT2D eigenvalue weighted by Crippen LogP contribution is 2.36. The van der Waals surface area contributed by atoms with Crippen LogP contribution < -0.4 is 4.74 Å². The minimum atomic E-state index is -3.52. The lowest BCUT2D eigenvalue weighted by Gasteiger charge is -2.21. The maximum atomic E-state index is 12.6. The van der Waals surface area contributed by atoms with Gasteiger partial charge in [-0.25, -0.2) is 17.7 Å². The van der Waals surface area contributed by atoms with Gasteiger partial charge in [0, 0.05) is 42.5 Å². The van der Waals surface area contributed by atoms with Gasteiger partial charge in [-0.15, -0.1) is 0 Å². The number of unbranched alkanes of at least 4 members (excludes halogenated alkanes) is 1. The minimum Gasteiger partial charge on any atom is -0.467 e. The van der Waals surface area contributed by atoms with Crippen molar-refractivity contribution in [1.82, 2.24) is 13.9 Å². The highest BCUT2D eigenvalue weighted by molar-refractivity contribution is 7.98. The number of halogens is 1. The van der Waals surface area contributed by atoms with E-state index in [9.17, 15) is 8.42 Å². The molecule has 1 aliphatic heterocycles. The first-order valence-electron chi connectivity index (χ1n) is 10.4. The minimum absolute atomic E-state index is 0.227. The molecule has 3 aromatic rings. The molecule has 2 heterocycles. The van der Waals surface area contributed by atoms with E-state index in [2.05, 4.69) is 11.5 Å². The fourth-order valence-electron chi connectivity index (χ4n) is 3.61. The zero-order chi connectivity index (χ0) is 22.9. The van der Waals surface area contributed by atoms with Crippen molar-refractivity contribution in [3.8, 4) is 5.75 Å². The first kappa shape index (κ1) is 23.4. The van der Waals surface area contributed by atoms with E-state index in [4.69, 9.17) is 26.1 Å². The summed E-state index contributed by atoms with van der Waals surface area (Å²) in [6.07, 6.45) is 2.05. The number of fused-ring (bicyclic) bond motifs is 2. The molecule has 0 aliphatic carbocycles. The molecule has 1 aromatic heterocycles. The topological polar surface area (TPSA) is 73.7 Å². The second-order valence-electron chi connectivity index (χ2n) is 7.79. The molecule has 10 heteroatoms. The lowest BCUT2D eigenvalue weighted by atomic mass is 10.1. The van der Waals surface area contributed by atoms with E-state index in [1.54, 1.807) is 23.9 Å². The number of benzene rings is 2. The average Bonchev–Trinajstić information content (AvgIpc) is 3.12. The van der Waals surface area contributed by atoms with Crippen molar-refractivity contribution in [2.24, 2.45) is 0 Å². The zero-order valence-corrected chi connectivity index (χ0v) is 20.7. The van der Waals surface area contributed by atoms with Crippen molar-refractivity contribution < 1.29 is 17.9 Å². The first-order chi connectivity index (χ1) is 15.3. The van der Waals surface area contributed by atoms with Crippen LogP contribution in [0.15, 0.2) is 40.4 Å². The van der Waals surface area contributed by atoms with Crippen molar-refractivity contribution in [3.05, 3.63) is 46.5 Å². The van der Waals surface area contributed by atoms with Crippen LogP contribution in [-0.2, 0) is 33.7 Å². The number of ether oxygens (including phenoxy) is 2. The molecule has 0 radical (unpaired) electrons. The fourth-order valence-corrected chi connectivity index (χ4v) is 5.80. The van der Waals surface area contributed by atoms with Crippen LogP contribution in [0.3, 0.4) is 0 Å². The second kappa shape index (κ2) is 9.61. The Hall–Kier alpha value is -1.78. The van der Waals surface area contributed by atoms with Gasteiger partial charge in [0.05, 0.1) is 22.5 Å². The van der Waals surface area contributed by atoms with Gasteiger partial charge in [0.25, 0.3) is 0 Å². The molecule has 0 saturated heterocycles. The van der Waals surface area contributed by atoms with E-state index in [0.29, 0.717) is 22.9 Å². The summed E-state index contributed by atoms with van der Waals surface area (Å²) < 4.78 is 39.6. The van der Waals surface area contributed by atoms with Crippen molar-refractivity contribution in [2.45, 2.75) is 48.7 Å². The third-order valence-electron chi connectivity index (χ3n) is 5.31. The molecule has 32 heavy (non-hydrogen) atoms. The fraction of sp³-hybridized carbons (Fsp3) is 0.409. The molecule has 0 amide bonds. The number of sulfonamides is 1. The molecule has 1 aliphatic rings. The van der Waals surface area contributed by atoms with E-state index in [0.717, 1.165) is 46.9 Å². The molecule has 0 atom stereocenters. The molecular formula is C22H26ClN3O4S2. The lowest BCUT2D eigenvalue weighted by Crippen LogP contribution is -2.22. The molecule has 2 aromatic carbocycles. The predicted molar refractivity (Wildman–Crippen MR) is 127 cm³/mol. The number of hydrogen-bond acceptors (Lipinski definition) is 6. The van der Waals surface area contributed by atoms with Gasteiger partial charge in [0.15, 0.2) is 11.9 Å². The van der Waals surface area contributed by atoms with E-state index in [-0.39, 0.29) is 11.7 Å². The van der Waals surface area contributed by atoms with Crippen molar-refractivity contribution in [2.75, 3.05) is 20.9 Å². The van der Waals surface area contributed by atoms with E-state index >= 15 is 0 Å². The van der Waals surface area contributed by atoms with Gasteiger partial charge in [-0.1, -0.05) is 36.7 Å². The summed E-state index contributed by atoms with van der Waals surface area (Å²) in [4.78, 5) is 5.03. The van der Waals surface area contributed by atoms with Crippen LogP contribution in [-0.4, -0.2) is 43.2 Å². The smallest absolute Gasteiger partial charge is 0.242 e. The monoisotopic (exact) mass is 495 g/mol. The number of aryl methyl sites for hydroxylation is 1. The summed E-state index contributed by atoms with van der Waals surface area (Å²) in [7, 11) is -0.471. The second-order valence-corrected chi connectivity index (χ2v) is 11.3. The molecular weight excluding hydrogens is 470 g/mol. The zero-order valence-electron chi connectivity index (χ0n) is 18.3. The van der Waals surface area contributed by atoms with Crippen LogP contribution in [0.5, 0.6) is 5.75 Å². The number of nitrogens with zero attached hydrogens (tertiary/aromatic N) is 3. The molecule has 4 rings (SSSR count). The lowest BCUT2D eigenvalue weighted by molar-refractivity contribution is -0.0168. The molecule has 0 fully saturated rings. The van der Waals surface area contributed by atoms with E-state index in [1.807, 2.05) is 18.2 Å². The van der Waals surface area contributed by atoms with Crippen LogP contribution in [0.4, 0.5) is 0 Å². The molecule has 0 spiro atoms. The highest BCUT2D eigenvalue weighted by atomic mass is 35.5. The Balaban J connectivity index is 1.69. The summed E-state index contributed by atoms with van der Waals surface area (Å²) in [5.41, 5.74) is 3.53. The van der Waals surface area contributed by atoms with Gasteiger partial charge < -0.3 is 14.0 Å². The normalized spacial score (nSPS) is 14.0. The van der Waals surface area contributed by atoms with Crippen molar-refractivity contribution >= 4 is 44.4 Å². The number of hydrogen-bond donors (Lipinski definition) is 0. The Kier molecular flexibility index (Phi) is 7.02. The van der Waals surface area contributed by atoms with Gasteiger partial charge in [0.2, 0.25) is 10.0 Å². The van der Waals surface area contributed by atoms with Gasteiger partial charge in [0.1, 0.15) is 5.75 Å². The van der Waals surface area contributed by atoms with Gasteiger partial charge in [-0.2, -0.15) is 0 Å². The van der Waals surface area contributed by atoms with Crippen molar-refractivity contribution in [3.63, 3.8) is 0 Å². The highest BCUT2D eigenvalue weighted by Gasteiger charge is 2.21. The first-order valence-corrected chi connectivity index (χ1v) is 13.2. The molecule has 0 unspecified atom stereocenters. The number of imidazole rings is 1. The summed E-state index contributed by atoms with van der Waals surface area (Å²) in [5.74, 6) is 1.45. The van der Waals surface area contributed by atoms with Crippen LogP contribution in [0.2, 0.25) is 5.02 Å². The Labute approximate surface area is 197 Å². The van der Waals surface area contributed by atoms with Crippen LogP contribution in [0, 0.1) is 0 Å². The Morgan fingerprint density at radius 2 is 2.06 bits per heavy atom. The Bertz CT molecular complexity index is 1240. The maximum absolute atomic E-state index is 12.6. The summed E-state index contributed by atoms with van der Waals surface area (Å²) >= 11 is 7.90. The molecule has 172 valence electrons. The van der Waals surface area contributed by atoms with Gasteiger partial charge in [-0.3, -0.25) is 0 Å². The molecule has 0 saturated carbocycles. The molecule has 0 N–H and O–H groups in total. The largest absolute Gasteiger partial charge is 0.467 e. The maximum Gasteiger partial charge on any atom is 0.242 e. The SMILES string of the molecule is CCCCn1c(SCc2cc(Cl)cc3c2OCOC3)nc2cc(S(=O)(=O)N(C)C)ccc21. The summed E-state index contributed by atoms with van der Waals surface area (Å²) in [6.45, 7) is 3.66. The molecule has 7 nitrogen and oxygen atoms in total. The number of rotatable bonds is 8. The Morgan fingerprint density at radius 3 is 2.81 bits per heavy atom. The Morgan fingerprint density at radius 1 is 1.25 bits per heavy atom. The third-order valence-corrected chi connectivity index (χ3v) is 8.36. The third kappa shape index (κ3) is 4.63. The van der Waals surface area contributed by atoms with Crippen LogP contribution >= 0.6 is 23.4 Å². The van der Waals surface area contributed by atoms with Gasteiger partial charge in [-0.05, 0) is 36.8 Å². The number of thioether (sulfide) groups is 1. The quantitative estimate of drug-likeness (QED) is 0.414. The summed E-state index contributed by atoms with van der Waals surface area (Å²) in [5, 5.41) is 1.49. The number of aromatic nitrogens is 2. The van der Waals surface area contributed by atoms with E-state index in [1.165, 1.54) is 18.4 Å². The van der Waals surface area contributed by atoms with Crippen molar-refractivity contribution in [1.29, 1.82) is 0 Å². The van der Waals surface area contributed by atoms with Crippen LogP contribution in [0.25, 0.3) is 11.0 Å². The average molecular weight is 496 g/mol. The van der Waals surface area contributed by atoms with E-state index < -0.39 is 10.0 Å². The summed E-state index contributed by atoms with van der Waals surface area (Å²) in [6, 6.07) is 8.93. The molecule has 0 bridgehead atoms. The van der Waals surface area contributed by atoms with Crippen LogP contribution in [0.1, 0.15) is 30.9 Å². The van der Waals surface area contributed by atoms with Gasteiger partial charge >= 0.3 is 0 Å². The standard InChI is InChI=1S/C22H26ClN3O4S2/c1-4-5-8-26-20-7-6-18(32(27,28)25(2)3)11-19(20)24-22(26)31-13-16-10-17(23)9-15-12-29-14-30-21(15)16/h6-7,9-11H,4-5,8,12-14H2,1-3H3.